The molecule has 1 saturated heterocycles. The molecule has 0 aliphatic carbocycles. The van der Waals surface area contributed by atoms with Crippen LogP contribution in [0.15, 0.2) is 28.8 Å². The Morgan fingerprint density at radius 2 is 2.14 bits per heavy atom. The molecule has 8 nitrogen and oxygen atoms in total. The number of nitrogens with zero attached hydrogens (tertiary/aromatic N) is 4. The summed E-state index contributed by atoms with van der Waals surface area (Å²) < 4.78 is 16.9. The van der Waals surface area contributed by atoms with Gasteiger partial charge in [-0.05, 0) is 31.5 Å². The van der Waals surface area contributed by atoms with Crippen LogP contribution >= 0.6 is 11.3 Å². The number of methoxy groups -OCH3 is 1. The van der Waals surface area contributed by atoms with Gasteiger partial charge < -0.3 is 14.0 Å². The quantitative estimate of drug-likeness (QED) is 0.586. The number of carbonyl (C=O) groups excluding carboxylic acids is 1. The minimum Gasteiger partial charge on any atom is -0.497 e. The fourth-order valence-corrected chi connectivity index (χ4v) is 4.31. The van der Waals surface area contributed by atoms with Gasteiger partial charge in [0, 0.05) is 32.2 Å². The summed E-state index contributed by atoms with van der Waals surface area (Å²) >= 11 is 1.47. The number of hydrogen-bond acceptors (Lipinski definition) is 8. The number of thiazole rings is 1. The highest BCUT2D eigenvalue weighted by Gasteiger charge is 2.25. The lowest BCUT2D eigenvalue weighted by Crippen LogP contribution is -2.39. The van der Waals surface area contributed by atoms with E-state index in [4.69, 9.17) is 14.0 Å². The van der Waals surface area contributed by atoms with Crippen LogP contribution in [0.3, 0.4) is 0 Å². The number of amides is 1. The van der Waals surface area contributed by atoms with Gasteiger partial charge in [0.05, 0.1) is 36.2 Å². The third-order valence-electron chi connectivity index (χ3n) is 4.86. The molecule has 1 aliphatic heterocycles. The van der Waals surface area contributed by atoms with Crippen molar-refractivity contribution >= 4 is 32.6 Å². The maximum absolute atomic E-state index is 13.1. The molecule has 0 atom stereocenters. The standard InChI is InChI=1S/C20H24N4O4S/c1-14-12-17(28-22-14)19(25)24(7-3-6-23-8-10-27-11-9-23)20-21-16-5-4-15(26-2)13-18(16)29-20/h4-5,12-13H,3,6-11H2,1-2H3. The van der Waals surface area contributed by atoms with E-state index in [0.717, 1.165) is 55.2 Å². The minimum absolute atomic E-state index is 0.224. The Morgan fingerprint density at radius 3 is 2.86 bits per heavy atom. The molecule has 1 aliphatic rings. The molecule has 3 heterocycles. The Labute approximate surface area is 173 Å². The van der Waals surface area contributed by atoms with E-state index in [1.807, 2.05) is 18.2 Å². The fraction of sp³-hybridized carbons (Fsp3) is 0.450. The zero-order valence-corrected chi connectivity index (χ0v) is 17.4. The number of aryl methyl sites for hydroxylation is 1. The topological polar surface area (TPSA) is 80.9 Å². The minimum atomic E-state index is -0.224. The Balaban J connectivity index is 1.56. The second-order valence-electron chi connectivity index (χ2n) is 6.93. The second kappa shape index (κ2) is 8.89. The summed E-state index contributed by atoms with van der Waals surface area (Å²) in [6, 6.07) is 7.37. The number of benzene rings is 1. The smallest absolute Gasteiger partial charge is 0.298 e. The van der Waals surface area contributed by atoms with E-state index in [1.54, 1.807) is 25.0 Å². The molecule has 9 heteroatoms. The number of anilines is 1. The first-order chi connectivity index (χ1) is 14.1. The van der Waals surface area contributed by atoms with Crippen molar-refractivity contribution < 1.29 is 18.8 Å². The van der Waals surface area contributed by atoms with Crippen LogP contribution in [0, 0.1) is 6.92 Å². The van der Waals surface area contributed by atoms with Crippen LogP contribution < -0.4 is 9.64 Å². The van der Waals surface area contributed by atoms with Crippen LogP contribution in [-0.2, 0) is 4.74 Å². The van der Waals surface area contributed by atoms with Gasteiger partial charge in [-0.1, -0.05) is 16.5 Å². The van der Waals surface area contributed by atoms with Gasteiger partial charge in [0.1, 0.15) is 5.75 Å². The molecule has 0 unspecified atom stereocenters. The van der Waals surface area contributed by atoms with Crippen molar-refractivity contribution in [2.45, 2.75) is 13.3 Å². The molecule has 0 spiro atoms. The zero-order chi connectivity index (χ0) is 20.2. The van der Waals surface area contributed by atoms with E-state index in [0.29, 0.717) is 17.4 Å². The number of fused-ring (bicyclic) bond motifs is 1. The molecule has 1 fully saturated rings. The SMILES string of the molecule is COc1ccc2nc(N(CCCN3CCOCC3)C(=O)c3cc(C)no3)sc2c1. The summed E-state index contributed by atoms with van der Waals surface area (Å²) in [5.74, 6) is 0.771. The van der Waals surface area contributed by atoms with Crippen molar-refractivity contribution in [3.05, 3.63) is 35.7 Å². The predicted octanol–water partition coefficient (Wildman–Crippen LogP) is 2.97. The molecule has 0 saturated carbocycles. The third-order valence-corrected chi connectivity index (χ3v) is 5.90. The van der Waals surface area contributed by atoms with Crippen molar-refractivity contribution in [1.29, 1.82) is 0 Å². The molecule has 4 rings (SSSR count). The van der Waals surface area contributed by atoms with E-state index in [1.165, 1.54) is 11.3 Å². The first-order valence-corrected chi connectivity index (χ1v) is 10.5. The Hall–Kier alpha value is -2.49. The average Bonchev–Trinajstić information content (AvgIpc) is 3.37. The summed E-state index contributed by atoms with van der Waals surface area (Å²) in [6.45, 7) is 6.63. The van der Waals surface area contributed by atoms with Crippen LogP contribution in [0.2, 0.25) is 0 Å². The van der Waals surface area contributed by atoms with Crippen LogP contribution in [0.4, 0.5) is 5.13 Å². The van der Waals surface area contributed by atoms with Crippen LogP contribution in [0.25, 0.3) is 10.2 Å². The number of carbonyl (C=O) groups is 1. The predicted molar refractivity (Wildman–Crippen MR) is 111 cm³/mol. The first-order valence-electron chi connectivity index (χ1n) is 9.64. The maximum atomic E-state index is 13.1. The van der Waals surface area contributed by atoms with E-state index in [9.17, 15) is 4.79 Å². The molecule has 154 valence electrons. The average molecular weight is 417 g/mol. The van der Waals surface area contributed by atoms with E-state index >= 15 is 0 Å². The number of ether oxygens (including phenoxy) is 2. The van der Waals surface area contributed by atoms with Crippen molar-refractivity contribution in [3.63, 3.8) is 0 Å². The van der Waals surface area contributed by atoms with Crippen molar-refractivity contribution in [3.8, 4) is 5.75 Å². The van der Waals surface area contributed by atoms with Crippen LogP contribution in [-0.4, -0.2) is 67.5 Å². The third kappa shape index (κ3) is 4.58. The first kappa shape index (κ1) is 19.8. The van der Waals surface area contributed by atoms with E-state index in [2.05, 4.69) is 15.0 Å². The monoisotopic (exact) mass is 416 g/mol. The number of aromatic nitrogens is 2. The molecule has 0 N–H and O–H groups in total. The van der Waals surface area contributed by atoms with Crippen LogP contribution in [0.1, 0.15) is 22.7 Å². The lowest BCUT2D eigenvalue weighted by atomic mass is 10.3. The van der Waals surface area contributed by atoms with Gasteiger partial charge in [-0.2, -0.15) is 0 Å². The van der Waals surface area contributed by atoms with Crippen molar-refractivity contribution in [2.75, 3.05) is 51.4 Å². The summed E-state index contributed by atoms with van der Waals surface area (Å²) in [4.78, 5) is 21.9. The van der Waals surface area contributed by atoms with Crippen molar-refractivity contribution in [1.82, 2.24) is 15.0 Å². The molecule has 2 aromatic heterocycles. The highest BCUT2D eigenvalue weighted by Crippen LogP contribution is 2.32. The lowest BCUT2D eigenvalue weighted by molar-refractivity contribution is 0.0376. The highest BCUT2D eigenvalue weighted by atomic mass is 32.1. The number of hydrogen-bond donors (Lipinski definition) is 0. The largest absolute Gasteiger partial charge is 0.497 e. The molecule has 3 aromatic rings. The van der Waals surface area contributed by atoms with Gasteiger partial charge in [-0.3, -0.25) is 14.6 Å². The fourth-order valence-electron chi connectivity index (χ4n) is 3.29. The second-order valence-corrected chi connectivity index (χ2v) is 7.94. The normalized spacial score (nSPS) is 15.0. The maximum Gasteiger partial charge on any atom is 0.298 e. The molecular weight excluding hydrogens is 392 g/mol. The van der Waals surface area contributed by atoms with E-state index in [-0.39, 0.29) is 11.7 Å². The van der Waals surface area contributed by atoms with Crippen LogP contribution in [0.5, 0.6) is 5.75 Å². The molecule has 1 amide bonds. The van der Waals surface area contributed by atoms with Gasteiger partial charge in [-0.25, -0.2) is 4.98 Å². The Kier molecular flexibility index (Phi) is 6.08. The molecule has 29 heavy (non-hydrogen) atoms. The zero-order valence-electron chi connectivity index (χ0n) is 16.6. The van der Waals surface area contributed by atoms with Gasteiger partial charge >= 0.3 is 0 Å². The summed E-state index contributed by atoms with van der Waals surface area (Å²) in [6.07, 6.45) is 0.831. The summed E-state index contributed by atoms with van der Waals surface area (Å²) in [5, 5.41) is 4.50. The highest BCUT2D eigenvalue weighted by molar-refractivity contribution is 7.22. The van der Waals surface area contributed by atoms with E-state index < -0.39 is 0 Å². The van der Waals surface area contributed by atoms with Gasteiger partial charge in [-0.15, -0.1) is 0 Å². The van der Waals surface area contributed by atoms with Gasteiger partial charge in [0.2, 0.25) is 5.76 Å². The lowest BCUT2D eigenvalue weighted by Gasteiger charge is -2.27. The molecule has 1 aromatic carbocycles. The van der Waals surface area contributed by atoms with Crippen molar-refractivity contribution in [2.24, 2.45) is 0 Å². The summed E-state index contributed by atoms with van der Waals surface area (Å²) in [7, 11) is 1.64. The Bertz CT molecular complexity index is 980. The molecular formula is C20H24N4O4S. The molecule has 0 bridgehead atoms. The number of rotatable bonds is 7. The van der Waals surface area contributed by atoms with Gasteiger partial charge in [0.25, 0.3) is 5.91 Å². The molecule has 0 radical (unpaired) electrons. The Morgan fingerprint density at radius 1 is 1.31 bits per heavy atom. The van der Waals surface area contributed by atoms with Gasteiger partial charge in [0.15, 0.2) is 5.13 Å². The number of morpholine rings is 1. The summed E-state index contributed by atoms with van der Waals surface area (Å²) in [5.41, 5.74) is 1.51.